The molecule has 5 nitrogen and oxygen atoms in total. The van der Waals surface area contributed by atoms with Crippen LogP contribution in [0.25, 0.3) is 0 Å². The summed E-state index contributed by atoms with van der Waals surface area (Å²) in [6, 6.07) is 7.23. The Morgan fingerprint density at radius 1 is 1.00 bits per heavy atom. The van der Waals surface area contributed by atoms with Crippen LogP contribution >= 0.6 is 0 Å². The molecular weight excluding hydrogens is 252 g/mol. The van der Waals surface area contributed by atoms with E-state index >= 15 is 0 Å². The van der Waals surface area contributed by atoms with Gasteiger partial charge in [-0.05, 0) is 30.5 Å². The Morgan fingerprint density at radius 3 is 2.30 bits per heavy atom. The minimum atomic E-state index is 0.294. The summed E-state index contributed by atoms with van der Waals surface area (Å²) in [5, 5.41) is 15.7. The number of phenolic OH excluding ortho intramolecular Hbond substituents is 1. The van der Waals surface area contributed by atoms with Crippen LogP contribution < -0.4 is 10.6 Å². The summed E-state index contributed by atoms with van der Waals surface area (Å²) in [7, 11) is 0. The van der Waals surface area contributed by atoms with Gasteiger partial charge in [0.05, 0.1) is 12.4 Å². The summed E-state index contributed by atoms with van der Waals surface area (Å²) < 4.78 is 0. The maximum atomic E-state index is 9.22. The van der Waals surface area contributed by atoms with Gasteiger partial charge in [-0.2, -0.15) is 0 Å². The highest BCUT2D eigenvalue weighted by atomic mass is 16.3. The quantitative estimate of drug-likeness (QED) is 0.723. The van der Waals surface area contributed by atoms with Crippen molar-refractivity contribution in [1.29, 1.82) is 0 Å². The van der Waals surface area contributed by atoms with Crippen LogP contribution in [0.15, 0.2) is 36.7 Å². The van der Waals surface area contributed by atoms with Crippen molar-refractivity contribution in [3.63, 3.8) is 0 Å². The Labute approximate surface area is 119 Å². The molecule has 106 valence electrons. The third-order valence-corrected chi connectivity index (χ3v) is 2.85. The van der Waals surface area contributed by atoms with Crippen LogP contribution in [0.4, 0.5) is 11.6 Å². The van der Waals surface area contributed by atoms with E-state index in [-0.39, 0.29) is 0 Å². The predicted molar refractivity (Wildman–Crippen MR) is 81.1 cm³/mol. The van der Waals surface area contributed by atoms with Crippen LogP contribution in [0.5, 0.6) is 5.75 Å². The van der Waals surface area contributed by atoms with Crippen LogP contribution in [-0.2, 0) is 6.42 Å². The molecule has 3 N–H and O–H groups in total. The molecule has 0 spiro atoms. The second-order valence-corrected chi connectivity index (χ2v) is 4.56. The molecule has 0 radical (unpaired) electrons. The van der Waals surface area contributed by atoms with E-state index in [1.165, 1.54) is 5.56 Å². The molecule has 0 saturated carbocycles. The fourth-order valence-electron chi connectivity index (χ4n) is 1.79. The zero-order chi connectivity index (χ0) is 14.2. The summed E-state index contributed by atoms with van der Waals surface area (Å²) in [5.41, 5.74) is 1.17. The van der Waals surface area contributed by atoms with Gasteiger partial charge in [-0.3, -0.25) is 4.98 Å². The van der Waals surface area contributed by atoms with Gasteiger partial charge in [-0.1, -0.05) is 19.1 Å². The zero-order valence-electron chi connectivity index (χ0n) is 11.6. The number of rotatable bonds is 7. The molecule has 1 aromatic carbocycles. The van der Waals surface area contributed by atoms with Crippen molar-refractivity contribution in [2.45, 2.75) is 19.8 Å². The number of aromatic nitrogens is 2. The third kappa shape index (κ3) is 4.42. The van der Waals surface area contributed by atoms with Crippen molar-refractivity contribution < 1.29 is 5.11 Å². The Hall–Kier alpha value is -2.30. The van der Waals surface area contributed by atoms with Crippen LogP contribution in [0.2, 0.25) is 0 Å². The summed E-state index contributed by atoms with van der Waals surface area (Å²) in [6.07, 6.45) is 5.36. The Bertz CT molecular complexity index is 528. The van der Waals surface area contributed by atoms with Crippen LogP contribution in [0.1, 0.15) is 18.9 Å². The summed E-state index contributed by atoms with van der Waals surface area (Å²) in [4.78, 5) is 8.59. The lowest BCUT2D eigenvalue weighted by Gasteiger charge is -2.08. The second-order valence-electron chi connectivity index (χ2n) is 4.56. The SMILES string of the molecule is CCCNc1cncc(NCCc2ccc(O)cc2)n1. The molecule has 2 rings (SSSR count). The van der Waals surface area contributed by atoms with Crippen LogP contribution in [0.3, 0.4) is 0 Å². The van der Waals surface area contributed by atoms with Crippen LogP contribution in [0, 0.1) is 0 Å². The van der Waals surface area contributed by atoms with E-state index < -0.39 is 0 Å². The molecule has 5 heteroatoms. The molecule has 0 saturated heterocycles. The van der Waals surface area contributed by atoms with E-state index in [1.807, 2.05) is 12.1 Å². The minimum absolute atomic E-state index is 0.294. The lowest BCUT2D eigenvalue weighted by molar-refractivity contribution is 0.475. The number of aromatic hydroxyl groups is 1. The predicted octanol–water partition coefficient (Wildman–Crippen LogP) is 2.66. The molecule has 0 atom stereocenters. The van der Waals surface area contributed by atoms with Gasteiger partial charge in [0.1, 0.15) is 17.4 Å². The van der Waals surface area contributed by atoms with E-state index in [2.05, 4.69) is 27.5 Å². The van der Waals surface area contributed by atoms with Gasteiger partial charge in [0.25, 0.3) is 0 Å². The molecule has 1 heterocycles. The summed E-state index contributed by atoms with van der Waals surface area (Å²) in [6.45, 7) is 3.78. The number of hydrogen-bond acceptors (Lipinski definition) is 5. The van der Waals surface area contributed by atoms with Gasteiger partial charge in [0.2, 0.25) is 0 Å². The lowest BCUT2D eigenvalue weighted by Crippen LogP contribution is -2.09. The summed E-state index contributed by atoms with van der Waals surface area (Å²) in [5.74, 6) is 1.86. The average molecular weight is 272 g/mol. The van der Waals surface area contributed by atoms with Crippen molar-refractivity contribution in [2.75, 3.05) is 23.7 Å². The van der Waals surface area contributed by atoms with Gasteiger partial charge in [0, 0.05) is 13.1 Å². The average Bonchev–Trinajstić information content (AvgIpc) is 2.48. The van der Waals surface area contributed by atoms with E-state index in [1.54, 1.807) is 24.5 Å². The molecule has 0 aliphatic carbocycles. The van der Waals surface area contributed by atoms with Gasteiger partial charge < -0.3 is 15.7 Å². The molecular formula is C15H20N4O. The largest absolute Gasteiger partial charge is 0.508 e. The molecule has 1 aromatic heterocycles. The highest BCUT2D eigenvalue weighted by Crippen LogP contribution is 2.11. The first-order valence-electron chi connectivity index (χ1n) is 6.85. The molecule has 2 aromatic rings. The van der Waals surface area contributed by atoms with E-state index in [4.69, 9.17) is 0 Å². The van der Waals surface area contributed by atoms with Crippen molar-refractivity contribution in [2.24, 2.45) is 0 Å². The van der Waals surface area contributed by atoms with Crippen molar-refractivity contribution >= 4 is 11.6 Å². The van der Waals surface area contributed by atoms with E-state index in [9.17, 15) is 5.11 Å². The molecule has 0 aliphatic heterocycles. The maximum Gasteiger partial charge on any atom is 0.146 e. The Balaban J connectivity index is 1.82. The standard InChI is InChI=1S/C15H20N4O/c1-2-8-17-14-10-16-11-15(19-14)18-9-7-12-3-5-13(20)6-4-12/h3-6,10-11,20H,2,7-9H2,1H3,(H2,17,18,19). The van der Waals surface area contributed by atoms with Crippen molar-refractivity contribution in [3.05, 3.63) is 42.2 Å². The maximum absolute atomic E-state index is 9.22. The number of anilines is 2. The highest BCUT2D eigenvalue weighted by molar-refractivity contribution is 5.41. The molecule has 0 unspecified atom stereocenters. The first-order chi connectivity index (χ1) is 9.78. The number of nitrogens with one attached hydrogen (secondary N) is 2. The lowest BCUT2D eigenvalue weighted by atomic mass is 10.1. The first-order valence-corrected chi connectivity index (χ1v) is 6.85. The monoisotopic (exact) mass is 272 g/mol. The normalized spacial score (nSPS) is 10.2. The van der Waals surface area contributed by atoms with Gasteiger partial charge >= 0.3 is 0 Å². The molecule has 0 bridgehead atoms. The molecule has 0 amide bonds. The summed E-state index contributed by atoms with van der Waals surface area (Å²) >= 11 is 0. The number of benzene rings is 1. The van der Waals surface area contributed by atoms with Gasteiger partial charge in [-0.15, -0.1) is 0 Å². The van der Waals surface area contributed by atoms with Crippen molar-refractivity contribution in [1.82, 2.24) is 9.97 Å². The second kappa shape index (κ2) is 7.33. The Kier molecular flexibility index (Phi) is 5.17. The van der Waals surface area contributed by atoms with Gasteiger partial charge in [0.15, 0.2) is 0 Å². The van der Waals surface area contributed by atoms with Crippen LogP contribution in [-0.4, -0.2) is 28.2 Å². The van der Waals surface area contributed by atoms with Gasteiger partial charge in [-0.25, -0.2) is 4.98 Å². The minimum Gasteiger partial charge on any atom is -0.508 e. The van der Waals surface area contributed by atoms with Crippen molar-refractivity contribution in [3.8, 4) is 5.75 Å². The Morgan fingerprint density at radius 2 is 1.65 bits per heavy atom. The zero-order valence-corrected chi connectivity index (χ0v) is 11.6. The number of nitrogens with zero attached hydrogens (tertiary/aromatic N) is 2. The molecule has 0 aliphatic rings. The number of hydrogen-bond donors (Lipinski definition) is 3. The smallest absolute Gasteiger partial charge is 0.146 e. The fourth-order valence-corrected chi connectivity index (χ4v) is 1.79. The van der Waals surface area contributed by atoms with E-state index in [0.29, 0.717) is 5.75 Å². The highest BCUT2D eigenvalue weighted by Gasteiger charge is 1.98. The topological polar surface area (TPSA) is 70.1 Å². The molecule has 0 fully saturated rings. The van der Waals surface area contributed by atoms with E-state index in [0.717, 1.165) is 37.6 Å². The first kappa shape index (κ1) is 14.1. The third-order valence-electron chi connectivity index (χ3n) is 2.85. The number of phenols is 1. The molecule has 20 heavy (non-hydrogen) atoms. The fraction of sp³-hybridized carbons (Fsp3) is 0.333.